The molecule has 1 amide bonds. The molecule has 1 aromatic heterocycles. The van der Waals surface area contributed by atoms with Crippen LogP contribution in [0.1, 0.15) is 27.7 Å². The quantitative estimate of drug-likeness (QED) is 0.916. The van der Waals surface area contributed by atoms with Crippen molar-refractivity contribution < 1.29 is 9.53 Å². The van der Waals surface area contributed by atoms with Crippen molar-refractivity contribution in [2.75, 3.05) is 32.8 Å². The van der Waals surface area contributed by atoms with Gasteiger partial charge < -0.3 is 10.1 Å². The number of ether oxygens (including phenoxy) is 1. The molecular weight excluding hydrogens is 332 g/mol. The second kappa shape index (κ2) is 7.28. The third kappa shape index (κ3) is 3.64. The summed E-state index contributed by atoms with van der Waals surface area (Å²) in [4.78, 5) is 17.1. The molecule has 2 aliphatic rings. The zero-order valence-corrected chi connectivity index (χ0v) is 15.4. The van der Waals surface area contributed by atoms with Crippen LogP contribution in [0.5, 0.6) is 0 Å². The Kier molecular flexibility index (Phi) is 4.88. The van der Waals surface area contributed by atoms with E-state index in [0.29, 0.717) is 0 Å². The molecule has 1 saturated heterocycles. The highest BCUT2D eigenvalue weighted by molar-refractivity contribution is 7.17. The van der Waals surface area contributed by atoms with Crippen molar-refractivity contribution in [3.05, 3.63) is 46.3 Å². The first-order valence-electron chi connectivity index (χ1n) is 9.02. The van der Waals surface area contributed by atoms with E-state index < -0.39 is 0 Å². The predicted molar refractivity (Wildman–Crippen MR) is 101 cm³/mol. The number of thiophene rings is 1. The van der Waals surface area contributed by atoms with Gasteiger partial charge in [-0.2, -0.15) is 0 Å². The van der Waals surface area contributed by atoms with E-state index in [1.165, 1.54) is 21.6 Å². The Bertz CT molecular complexity index is 765. The topological polar surface area (TPSA) is 41.6 Å². The van der Waals surface area contributed by atoms with Crippen molar-refractivity contribution in [3.8, 4) is 10.4 Å². The molecule has 4 rings (SSSR count). The highest BCUT2D eigenvalue weighted by Gasteiger charge is 2.22. The summed E-state index contributed by atoms with van der Waals surface area (Å²) in [5, 5.41) is 3.17. The van der Waals surface area contributed by atoms with Crippen LogP contribution < -0.4 is 5.32 Å². The summed E-state index contributed by atoms with van der Waals surface area (Å²) >= 11 is 1.63. The fourth-order valence-corrected chi connectivity index (χ4v) is 4.87. The van der Waals surface area contributed by atoms with Gasteiger partial charge in [0, 0.05) is 30.6 Å². The number of carbonyl (C=O) groups is 1. The Labute approximate surface area is 152 Å². The maximum Gasteiger partial charge on any atom is 0.261 e. The summed E-state index contributed by atoms with van der Waals surface area (Å²) in [6.07, 6.45) is 2.09. The molecule has 1 atom stereocenters. The van der Waals surface area contributed by atoms with Gasteiger partial charge in [0.25, 0.3) is 5.91 Å². The largest absolute Gasteiger partial charge is 0.379 e. The van der Waals surface area contributed by atoms with Crippen LogP contribution in [-0.4, -0.2) is 49.7 Å². The number of benzene rings is 1. The summed E-state index contributed by atoms with van der Waals surface area (Å²) in [6, 6.07) is 10.8. The van der Waals surface area contributed by atoms with Crippen LogP contribution in [0.4, 0.5) is 0 Å². The van der Waals surface area contributed by atoms with Gasteiger partial charge in [-0.1, -0.05) is 24.3 Å². The predicted octanol–water partition coefficient (Wildman–Crippen LogP) is 2.96. The van der Waals surface area contributed by atoms with E-state index in [2.05, 4.69) is 47.5 Å². The van der Waals surface area contributed by atoms with Crippen LogP contribution in [0.2, 0.25) is 0 Å². The van der Waals surface area contributed by atoms with Crippen LogP contribution in [0, 0.1) is 0 Å². The molecule has 0 bridgehead atoms. The molecule has 132 valence electrons. The summed E-state index contributed by atoms with van der Waals surface area (Å²) in [7, 11) is 0. The van der Waals surface area contributed by atoms with Crippen LogP contribution >= 0.6 is 11.3 Å². The number of morpholine rings is 1. The average molecular weight is 356 g/mol. The molecule has 1 unspecified atom stereocenters. The fourth-order valence-electron chi connectivity index (χ4n) is 3.70. The summed E-state index contributed by atoms with van der Waals surface area (Å²) in [5.74, 6) is 0.0534. The van der Waals surface area contributed by atoms with Gasteiger partial charge in [0.2, 0.25) is 0 Å². The molecule has 0 saturated carbocycles. The number of amides is 1. The number of nitrogens with one attached hydrogen (secondary N) is 1. The third-order valence-corrected chi connectivity index (χ3v) is 6.18. The van der Waals surface area contributed by atoms with Crippen molar-refractivity contribution in [1.29, 1.82) is 0 Å². The maximum absolute atomic E-state index is 12.7. The van der Waals surface area contributed by atoms with E-state index in [4.69, 9.17) is 4.74 Å². The number of hydrogen-bond acceptors (Lipinski definition) is 4. The fraction of sp³-hybridized carbons (Fsp3) is 0.450. The van der Waals surface area contributed by atoms with Gasteiger partial charge in [-0.3, -0.25) is 9.69 Å². The smallest absolute Gasteiger partial charge is 0.261 e. The Morgan fingerprint density at radius 3 is 2.84 bits per heavy atom. The molecule has 25 heavy (non-hydrogen) atoms. The molecule has 1 aromatic carbocycles. The monoisotopic (exact) mass is 356 g/mol. The van der Waals surface area contributed by atoms with Crippen molar-refractivity contribution in [3.63, 3.8) is 0 Å². The molecule has 5 heteroatoms. The Balaban J connectivity index is 1.44. The number of hydrogen-bond donors (Lipinski definition) is 1. The number of rotatable bonds is 4. The van der Waals surface area contributed by atoms with Gasteiger partial charge in [0.05, 0.1) is 18.1 Å². The first kappa shape index (κ1) is 16.8. The first-order valence-corrected chi connectivity index (χ1v) is 9.84. The lowest BCUT2D eigenvalue weighted by atomic mass is 9.91. The summed E-state index contributed by atoms with van der Waals surface area (Å²) in [5.41, 5.74) is 4.01. The molecule has 0 radical (unpaired) electrons. The molecule has 1 fully saturated rings. The second-order valence-corrected chi connectivity index (χ2v) is 7.96. The van der Waals surface area contributed by atoms with Crippen LogP contribution in [-0.2, 0) is 17.6 Å². The van der Waals surface area contributed by atoms with Crippen molar-refractivity contribution in [2.24, 2.45) is 0 Å². The highest BCUT2D eigenvalue weighted by atomic mass is 32.1. The number of fused-ring (bicyclic) bond motifs is 3. The number of nitrogens with zero attached hydrogens (tertiary/aromatic N) is 1. The lowest BCUT2D eigenvalue weighted by Gasteiger charge is -2.29. The molecule has 2 heterocycles. The molecule has 0 spiro atoms. The molecular formula is C20H24N2O2S. The standard InChI is InChI=1S/C20H24N2O2S/c1-14(13-22-8-10-24-11-9-22)21-20(23)18-12-16-7-6-15-4-2-3-5-17(15)19(16)25-18/h2-5,12,14H,6-11,13H2,1H3,(H,21,23). The van der Waals surface area contributed by atoms with Crippen LogP contribution in [0.15, 0.2) is 30.3 Å². The molecule has 1 N–H and O–H groups in total. The van der Waals surface area contributed by atoms with E-state index in [9.17, 15) is 4.79 Å². The van der Waals surface area contributed by atoms with Gasteiger partial charge >= 0.3 is 0 Å². The van der Waals surface area contributed by atoms with Crippen LogP contribution in [0.3, 0.4) is 0 Å². The van der Waals surface area contributed by atoms with Gasteiger partial charge in [0.15, 0.2) is 0 Å². The summed E-state index contributed by atoms with van der Waals surface area (Å²) in [6.45, 7) is 6.43. The average Bonchev–Trinajstić information content (AvgIpc) is 3.07. The van der Waals surface area contributed by atoms with E-state index in [0.717, 1.165) is 50.6 Å². The minimum Gasteiger partial charge on any atom is -0.379 e. The zero-order valence-electron chi connectivity index (χ0n) is 14.6. The van der Waals surface area contributed by atoms with E-state index in [1.54, 1.807) is 11.3 Å². The van der Waals surface area contributed by atoms with E-state index >= 15 is 0 Å². The third-order valence-electron chi connectivity index (χ3n) is 4.97. The first-order chi connectivity index (χ1) is 12.2. The minimum atomic E-state index is 0.0534. The Morgan fingerprint density at radius 2 is 2.00 bits per heavy atom. The van der Waals surface area contributed by atoms with Crippen molar-refractivity contribution in [1.82, 2.24) is 10.2 Å². The second-order valence-electron chi connectivity index (χ2n) is 6.91. The normalized spacial score (nSPS) is 18.3. The minimum absolute atomic E-state index is 0.0534. The number of carbonyl (C=O) groups excluding carboxylic acids is 1. The van der Waals surface area contributed by atoms with Crippen molar-refractivity contribution in [2.45, 2.75) is 25.8 Å². The van der Waals surface area contributed by atoms with Crippen molar-refractivity contribution >= 4 is 17.2 Å². The number of aryl methyl sites for hydroxylation is 2. The van der Waals surface area contributed by atoms with E-state index in [1.807, 2.05) is 0 Å². The summed E-state index contributed by atoms with van der Waals surface area (Å²) < 4.78 is 5.38. The Morgan fingerprint density at radius 1 is 1.24 bits per heavy atom. The molecule has 1 aliphatic carbocycles. The van der Waals surface area contributed by atoms with Gasteiger partial charge in [0.1, 0.15) is 0 Å². The maximum atomic E-state index is 12.7. The van der Waals surface area contributed by atoms with Gasteiger partial charge in [-0.15, -0.1) is 11.3 Å². The Hall–Kier alpha value is -1.69. The van der Waals surface area contributed by atoms with Crippen LogP contribution in [0.25, 0.3) is 10.4 Å². The van der Waals surface area contributed by atoms with Gasteiger partial charge in [-0.05, 0) is 42.5 Å². The molecule has 4 nitrogen and oxygen atoms in total. The highest BCUT2D eigenvalue weighted by Crippen LogP contribution is 2.39. The lowest BCUT2D eigenvalue weighted by molar-refractivity contribution is 0.0342. The molecule has 2 aromatic rings. The van der Waals surface area contributed by atoms with Gasteiger partial charge in [-0.25, -0.2) is 0 Å². The SMILES string of the molecule is CC(CN1CCOCC1)NC(=O)c1cc2c(s1)-c1ccccc1CC2. The zero-order chi connectivity index (χ0) is 17.2. The lowest BCUT2D eigenvalue weighted by Crippen LogP contribution is -2.45. The molecule has 1 aliphatic heterocycles. The van der Waals surface area contributed by atoms with E-state index in [-0.39, 0.29) is 11.9 Å².